The number of aryl methyl sites for hydroxylation is 2. The lowest BCUT2D eigenvalue weighted by Crippen LogP contribution is -2.31. The largest absolute Gasteiger partial charge is 0.389 e. The molecule has 3 rings (SSSR count). The molecule has 1 aromatic heterocycles. The normalized spacial score (nSPS) is 28.6. The predicted molar refractivity (Wildman–Crippen MR) is 91.6 cm³/mol. The number of thiocarbonyl (C=S) groups is 1. The number of nitrogens with two attached hydrogens (primary N) is 1. The van der Waals surface area contributed by atoms with Crippen molar-refractivity contribution in [1.29, 1.82) is 0 Å². The Labute approximate surface area is 132 Å². The lowest BCUT2D eigenvalue weighted by molar-refractivity contribution is 0.304. The van der Waals surface area contributed by atoms with E-state index in [1.807, 2.05) is 13.0 Å². The maximum atomic E-state index is 5.91. The van der Waals surface area contributed by atoms with Crippen molar-refractivity contribution in [3.05, 3.63) is 22.9 Å². The summed E-state index contributed by atoms with van der Waals surface area (Å²) in [5.41, 5.74) is 8.93. The maximum Gasteiger partial charge on any atom is 0.136 e. The Morgan fingerprint density at radius 3 is 2.71 bits per heavy atom. The quantitative estimate of drug-likeness (QED) is 0.835. The van der Waals surface area contributed by atoms with Gasteiger partial charge in [0, 0.05) is 11.7 Å². The van der Waals surface area contributed by atoms with E-state index < -0.39 is 0 Å². The molecule has 1 aromatic rings. The average Bonchev–Trinajstić information content (AvgIpc) is 2.99. The fourth-order valence-corrected chi connectivity index (χ4v) is 4.74. The van der Waals surface area contributed by atoms with Crippen LogP contribution in [0.25, 0.3) is 0 Å². The number of hydrogen-bond acceptors (Lipinski definition) is 3. The minimum atomic E-state index is 0.432. The molecule has 0 saturated heterocycles. The highest BCUT2D eigenvalue weighted by Gasteiger charge is 2.42. The van der Waals surface area contributed by atoms with Crippen LogP contribution in [0.2, 0.25) is 0 Å². The molecule has 3 nitrogen and oxygen atoms in total. The summed E-state index contributed by atoms with van der Waals surface area (Å²) >= 11 is 5.22. The number of nitrogens with zero attached hydrogens (tertiary/aromatic N) is 1. The summed E-state index contributed by atoms with van der Waals surface area (Å²) in [4.78, 5) is 5.08. The van der Waals surface area contributed by atoms with Gasteiger partial charge in [-0.15, -0.1) is 0 Å². The number of hydrogen-bond donors (Lipinski definition) is 2. The first-order valence-electron chi connectivity index (χ1n) is 8.00. The van der Waals surface area contributed by atoms with Crippen LogP contribution in [0.5, 0.6) is 0 Å². The van der Waals surface area contributed by atoms with Gasteiger partial charge in [-0.1, -0.05) is 18.6 Å². The molecule has 114 valence electrons. The van der Waals surface area contributed by atoms with Gasteiger partial charge in [-0.05, 0) is 69.4 Å². The summed E-state index contributed by atoms with van der Waals surface area (Å²) in [6.07, 6.45) is 5.64. The minimum absolute atomic E-state index is 0.432. The van der Waals surface area contributed by atoms with Gasteiger partial charge in [-0.2, -0.15) is 0 Å². The smallest absolute Gasteiger partial charge is 0.136 e. The van der Waals surface area contributed by atoms with Crippen LogP contribution in [0.3, 0.4) is 0 Å². The molecule has 2 bridgehead atoms. The summed E-state index contributed by atoms with van der Waals surface area (Å²) in [6, 6.07) is 2.48. The van der Waals surface area contributed by atoms with Gasteiger partial charge in [0.2, 0.25) is 0 Å². The van der Waals surface area contributed by atoms with E-state index in [9.17, 15) is 0 Å². The first-order chi connectivity index (χ1) is 9.95. The average molecular weight is 303 g/mol. The van der Waals surface area contributed by atoms with Crippen molar-refractivity contribution in [2.45, 2.75) is 52.5 Å². The van der Waals surface area contributed by atoms with E-state index in [0.717, 1.165) is 40.4 Å². The van der Waals surface area contributed by atoms with Crippen LogP contribution in [0, 0.1) is 31.6 Å². The van der Waals surface area contributed by atoms with Crippen LogP contribution in [-0.2, 0) is 0 Å². The van der Waals surface area contributed by atoms with Crippen LogP contribution >= 0.6 is 12.2 Å². The monoisotopic (exact) mass is 303 g/mol. The highest BCUT2D eigenvalue weighted by molar-refractivity contribution is 7.80. The van der Waals surface area contributed by atoms with Crippen molar-refractivity contribution < 1.29 is 0 Å². The molecule has 2 aliphatic carbocycles. The molecule has 0 amide bonds. The van der Waals surface area contributed by atoms with E-state index >= 15 is 0 Å². The summed E-state index contributed by atoms with van der Waals surface area (Å²) in [6.45, 7) is 6.36. The third kappa shape index (κ3) is 2.78. The summed E-state index contributed by atoms with van der Waals surface area (Å²) in [7, 11) is 0. The van der Waals surface area contributed by atoms with Crippen molar-refractivity contribution >= 4 is 23.0 Å². The first-order valence-corrected chi connectivity index (χ1v) is 8.41. The highest BCUT2D eigenvalue weighted by atomic mass is 32.1. The Morgan fingerprint density at radius 1 is 1.38 bits per heavy atom. The highest BCUT2D eigenvalue weighted by Crippen LogP contribution is 2.49. The van der Waals surface area contributed by atoms with Gasteiger partial charge in [0.05, 0.1) is 5.56 Å². The molecule has 0 aliphatic heterocycles. The molecular weight excluding hydrogens is 278 g/mol. The van der Waals surface area contributed by atoms with E-state index in [0.29, 0.717) is 11.0 Å². The van der Waals surface area contributed by atoms with Crippen LogP contribution in [0.1, 0.15) is 49.4 Å². The molecule has 0 radical (unpaired) electrons. The van der Waals surface area contributed by atoms with Crippen molar-refractivity contribution in [3.63, 3.8) is 0 Å². The Morgan fingerprint density at radius 2 is 2.14 bits per heavy atom. The Hall–Kier alpha value is -1.16. The van der Waals surface area contributed by atoms with Gasteiger partial charge in [0.15, 0.2) is 0 Å². The molecule has 4 unspecified atom stereocenters. The van der Waals surface area contributed by atoms with E-state index in [1.165, 1.54) is 25.7 Å². The fourth-order valence-electron chi connectivity index (χ4n) is 4.48. The van der Waals surface area contributed by atoms with Gasteiger partial charge < -0.3 is 11.1 Å². The third-order valence-corrected chi connectivity index (χ3v) is 5.59. The summed E-state index contributed by atoms with van der Waals surface area (Å²) < 4.78 is 0. The minimum Gasteiger partial charge on any atom is -0.389 e. The topological polar surface area (TPSA) is 50.9 Å². The molecular formula is C17H25N3S. The van der Waals surface area contributed by atoms with Crippen molar-refractivity contribution in [3.8, 4) is 0 Å². The second-order valence-electron chi connectivity index (χ2n) is 6.94. The zero-order valence-corrected chi connectivity index (χ0v) is 14.0. The zero-order valence-electron chi connectivity index (χ0n) is 13.1. The van der Waals surface area contributed by atoms with E-state index in [4.69, 9.17) is 18.0 Å². The number of pyridine rings is 1. The van der Waals surface area contributed by atoms with Gasteiger partial charge in [0.1, 0.15) is 10.8 Å². The fraction of sp³-hybridized carbons (Fsp3) is 0.647. The molecule has 4 atom stereocenters. The molecule has 2 saturated carbocycles. The summed E-state index contributed by atoms with van der Waals surface area (Å²) in [5, 5.41) is 3.62. The molecule has 4 heteroatoms. The SMILES string of the molecule is Cc1cc(C)c(C(N)=S)c(NC(C)C2CC3CCC2C3)n1. The van der Waals surface area contributed by atoms with Crippen molar-refractivity contribution in [1.82, 2.24) is 4.98 Å². The van der Waals surface area contributed by atoms with Crippen LogP contribution in [-0.4, -0.2) is 16.0 Å². The molecule has 0 aromatic carbocycles. The van der Waals surface area contributed by atoms with Crippen LogP contribution in [0.4, 0.5) is 5.82 Å². The molecule has 3 N–H and O–H groups in total. The number of nitrogens with one attached hydrogen (secondary N) is 1. The van der Waals surface area contributed by atoms with Gasteiger partial charge in [-0.25, -0.2) is 4.98 Å². The molecule has 1 heterocycles. The number of rotatable bonds is 4. The first kappa shape index (κ1) is 14.8. The van der Waals surface area contributed by atoms with Crippen molar-refractivity contribution in [2.24, 2.45) is 23.5 Å². The Bertz CT molecular complexity index is 569. The second-order valence-corrected chi connectivity index (χ2v) is 7.38. The number of fused-ring (bicyclic) bond motifs is 2. The van der Waals surface area contributed by atoms with E-state index in [2.05, 4.69) is 24.1 Å². The van der Waals surface area contributed by atoms with Gasteiger partial charge in [-0.3, -0.25) is 0 Å². The lowest BCUT2D eigenvalue weighted by atomic mass is 9.84. The standard InChI is InChI=1S/C17H25N3S/c1-9-6-10(2)19-17(15(9)16(18)21)20-11(3)14-8-12-4-5-13(14)7-12/h6,11-14H,4-5,7-8H2,1-3H3,(H2,18,21)(H,19,20). The maximum absolute atomic E-state index is 5.91. The van der Waals surface area contributed by atoms with E-state index in [1.54, 1.807) is 0 Å². The van der Waals surface area contributed by atoms with Gasteiger partial charge >= 0.3 is 0 Å². The van der Waals surface area contributed by atoms with Crippen LogP contribution < -0.4 is 11.1 Å². The van der Waals surface area contributed by atoms with Crippen molar-refractivity contribution in [2.75, 3.05) is 5.32 Å². The number of anilines is 1. The Kier molecular flexibility index (Phi) is 3.91. The number of aromatic nitrogens is 1. The van der Waals surface area contributed by atoms with Gasteiger partial charge in [0.25, 0.3) is 0 Å². The lowest BCUT2D eigenvalue weighted by Gasteiger charge is -2.29. The predicted octanol–water partition coefficient (Wildman–Crippen LogP) is 3.57. The molecule has 2 fully saturated rings. The van der Waals surface area contributed by atoms with Crippen LogP contribution in [0.15, 0.2) is 6.07 Å². The molecule has 21 heavy (non-hydrogen) atoms. The molecule has 0 spiro atoms. The Balaban J connectivity index is 1.82. The molecule has 2 aliphatic rings. The second kappa shape index (κ2) is 5.56. The third-order valence-electron chi connectivity index (χ3n) is 5.39. The van der Waals surface area contributed by atoms with E-state index in [-0.39, 0.29) is 0 Å². The summed E-state index contributed by atoms with van der Waals surface area (Å²) in [5.74, 6) is 3.50. The zero-order chi connectivity index (χ0) is 15.1.